The van der Waals surface area contributed by atoms with Crippen molar-refractivity contribution in [2.45, 2.75) is 6.92 Å². The van der Waals surface area contributed by atoms with E-state index in [0.29, 0.717) is 0 Å². The van der Waals surface area contributed by atoms with Crippen LogP contribution in [-0.2, 0) is 0 Å². The Morgan fingerprint density at radius 3 is 2.92 bits per heavy atom. The zero-order chi connectivity index (χ0) is 8.97. The first-order chi connectivity index (χ1) is 5.75. The van der Waals surface area contributed by atoms with E-state index in [1.807, 2.05) is 31.2 Å². The minimum Gasteiger partial charge on any atom is -0.193 e. The second kappa shape index (κ2) is 3.94. The summed E-state index contributed by atoms with van der Waals surface area (Å²) in [4.78, 5) is 0. The quantitative estimate of drug-likeness (QED) is 0.605. The van der Waals surface area contributed by atoms with Crippen molar-refractivity contribution < 1.29 is 0 Å². The number of nitrogens with zero attached hydrogens (tertiary/aromatic N) is 1. The first-order valence-corrected chi connectivity index (χ1v) is 3.95. The average molecular weight is 178 g/mol. The highest BCUT2D eigenvalue weighted by Crippen LogP contribution is 2.19. The molecule has 1 rings (SSSR count). The van der Waals surface area contributed by atoms with E-state index in [1.54, 1.807) is 6.08 Å². The maximum Gasteiger partial charge on any atom is 0.0912 e. The van der Waals surface area contributed by atoms with E-state index in [9.17, 15) is 0 Å². The van der Waals surface area contributed by atoms with Crippen LogP contribution in [0.4, 0.5) is 0 Å². The highest BCUT2D eigenvalue weighted by molar-refractivity contribution is 6.31. The molecule has 0 radical (unpaired) electrons. The van der Waals surface area contributed by atoms with Crippen LogP contribution >= 0.6 is 11.6 Å². The maximum atomic E-state index is 8.32. The number of nitriles is 1. The van der Waals surface area contributed by atoms with Crippen LogP contribution in [0.15, 0.2) is 24.3 Å². The fraction of sp³-hybridized carbons (Fsp3) is 0.100. The van der Waals surface area contributed by atoms with E-state index in [4.69, 9.17) is 16.9 Å². The van der Waals surface area contributed by atoms with Gasteiger partial charge in [0.15, 0.2) is 0 Å². The predicted octanol–water partition coefficient (Wildman–Crippen LogP) is 3.19. The Bertz CT molecular complexity index is 347. The van der Waals surface area contributed by atoms with Gasteiger partial charge in [0.1, 0.15) is 0 Å². The summed E-state index contributed by atoms with van der Waals surface area (Å²) in [5.74, 6) is 0. The number of allylic oxidation sites excluding steroid dienone is 1. The molecule has 0 unspecified atom stereocenters. The van der Waals surface area contributed by atoms with Crippen LogP contribution < -0.4 is 0 Å². The highest BCUT2D eigenvalue weighted by Gasteiger charge is 1.96. The van der Waals surface area contributed by atoms with Crippen molar-refractivity contribution in [3.63, 3.8) is 0 Å². The van der Waals surface area contributed by atoms with Crippen molar-refractivity contribution in [1.82, 2.24) is 0 Å². The van der Waals surface area contributed by atoms with Gasteiger partial charge >= 0.3 is 0 Å². The largest absolute Gasteiger partial charge is 0.193 e. The minimum absolute atomic E-state index is 0.732. The first kappa shape index (κ1) is 8.83. The summed E-state index contributed by atoms with van der Waals surface area (Å²) in [7, 11) is 0. The zero-order valence-electron chi connectivity index (χ0n) is 6.71. The van der Waals surface area contributed by atoms with Crippen molar-refractivity contribution in [2.24, 2.45) is 0 Å². The molecule has 0 aliphatic rings. The summed E-state index contributed by atoms with van der Waals surface area (Å²) in [6, 6.07) is 7.57. The van der Waals surface area contributed by atoms with Crippen molar-refractivity contribution >= 4 is 17.7 Å². The van der Waals surface area contributed by atoms with Gasteiger partial charge in [0.05, 0.1) is 6.07 Å². The standard InChI is InChI=1S/C10H8ClN/c1-8-9(5-3-7-12)4-2-6-10(8)11/h2-6H,1H3. The summed E-state index contributed by atoms with van der Waals surface area (Å²) in [5.41, 5.74) is 2.00. The molecule has 0 atom stereocenters. The Morgan fingerprint density at radius 2 is 2.25 bits per heavy atom. The van der Waals surface area contributed by atoms with Crippen LogP contribution in [0, 0.1) is 18.3 Å². The van der Waals surface area contributed by atoms with Gasteiger partial charge in [-0.15, -0.1) is 0 Å². The lowest BCUT2D eigenvalue weighted by Gasteiger charge is -2.00. The molecule has 1 nitrogen and oxygen atoms in total. The molecule has 0 fully saturated rings. The molecular weight excluding hydrogens is 170 g/mol. The molecule has 0 aliphatic heterocycles. The third-order valence-corrected chi connectivity index (χ3v) is 2.06. The minimum atomic E-state index is 0.732. The summed E-state index contributed by atoms with van der Waals surface area (Å²) in [6.07, 6.45) is 3.19. The van der Waals surface area contributed by atoms with Gasteiger partial charge < -0.3 is 0 Å². The summed E-state index contributed by atoms with van der Waals surface area (Å²) >= 11 is 5.88. The van der Waals surface area contributed by atoms with Gasteiger partial charge in [-0.3, -0.25) is 0 Å². The lowest BCUT2D eigenvalue weighted by molar-refractivity contribution is 1.44. The molecule has 0 saturated heterocycles. The zero-order valence-corrected chi connectivity index (χ0v) is 7.47. The molecule has 2 heteroatoms. The molecule has 0 bridgehead atoms. The molecule has 12 heavy (non-hydrogen) atoms. The molecule has 1 aromatic rings. The second-order valence-corrected chi connectivity index (χ2v) is 2.82. The molecule has 60 valence electrons. The maximum absolute atomic E-state index is 8.32. The molecule has 0 saturated carbocycles. The van der Waals surface area contributed by atoms with Crippen LogP contribution in [-0.4, -0.2) is 0 Å². The van der Waals surface area contributed by atoms with E-state index in [2.05, 4.69) is 0 Å². The van der Waals surface area contributed by atoms with E-state index in [1.165, 1.54) is 6.08 Å². The van der Waals surface area contributed by atoms with Crippen molar-refractivity contribution in [1.29, 1.82) is 5.26 Å². The van der Waals surface area contributed by atoms with Crippen molar-refractivity contribution in [3.05, 3.63) is 40.4 Å². The van der Waals surface area contributed by atoms with Gasteiger partial charge in [-0.2, -0.15) is 5.26 Å². The average Bonchev–Trinajstić information content (AvgIpc) is 2.08. The molecule has 1 aromatic carbocycles. The number of hydrogen-bond acceptors (Lipinski definition) is 1. The lowest BCUT2D eigenvalue weighted by atomic mass is 10.1. The second-order valence-electron chi connectivity index (χ2n) is 2.42. The van der Waals surface area contributed by atoms with Crippen molar-refractivity contribution in [2.75, 3.05) is 0 Å². The van der Waals surface area contributed by atoms with Gasteiger partial charge in [0.25, 0.3) is 0 Å². The number of hydrogen-bond donors (Lipinski definition) is 0. The monoisotopic (exact) mass is 177 g/mol. The normalized spacial score (nSPS) is 10.1. The highest BCUT2D eigenvalue weighted by atomic mass is 35.5. The fourth-order valence-electron chi connectivity index (χ4n) is 0.932. The third-order valence-electron chi connectivity index (χ3n) is 1.65. The van der Waals surface area contributed by atoms with Crippen LogP contribution in [0.2, 0.25) is 5.02 Å². The van der Waals surface area contributed by atoms with Gasteiger partial charge in [-0.1, -0.05) is 23.7 Å². The number of benzene rings is 1. The van der Waals surface area contributed by atoms with E-state index in [0.717, 1.165) is 16.1 Å². The van der Waals surface area contributed by atoms with Gasteiger partial charge in [-0.05, 0) is 30.2 Å². The first-order valence-electron chi connectivity index (χ1n) is 3.57. The molecule has 0 spiro atoms. The SMILES string of the molecule is Cc1c(Cl)cccc1C=CC#N. The molecule has 0 aliphatic carbocycles. The molecule has 0 amide bonds. The summed E-state index contributed by atoms with van der Waals surface area (Å²) in [5, 5.41) is 9.05. The Balaban J connectivity index is 3.10. The molecular formula is C10H8ClN. The Labute approximate surface area is 76.9 Å². The molecule has 0 aromatic heterocycles. The predicted molar refractivity (Wildman–Crippen MR) is 50.8 cm³/mol. The third kappa shape index (κ3) is 1.87. The van der Waals surface area contributed by atoms with Gasteiger partial charge in [-0.25, -0.2) is 0 Å². The topological polar surface area (TPSA) is 23.8 Å². The Kier molecular flexibility index (Phi) is 2.90. The lowest BCUT2D eigenvalue weighted by Crippen LogP contribution is -1.80. The van der Waals surface area contributed by atoms with Crippen molar-refractivity contribution in [3.8, 4) is 6.07 Å². The summed E-state index contributed by atoms with van der Waals surface area (Å²) in [6.45, 7) is 1.93. The van der Waals surface area contributed by atoms with Crippen LogP contribution in [0.5, 0.6) is 0 Å². The Morgan fingerprint density at radius 1 is 1.50 bits per heavy atom. The van der Waals surface area contributed by atoms with E-state index >= 15 is 0 Å². The Hall–Kier alpha value is -1.26. The smallest absolute Gasteiger partial charge is 0.0912 e. The molecule has 0 N–H and O–H groups in total. The van der Waals surface area contributed by atoms with Crippen LogP contribution in [0.3, 0.4) is 0 Å². The van der Waals surface area contributed by atoms with Gasteiger partial charge in [0.2, 0.25) is 0 Å². The van der Waals surface area contributed by atoms with Crippen LogP contribution in [0.25, 0.3) is 6.08 Å². The number of halogens is 1. The number of rotatable bonds is 1. The van der Waals surface area contributed by atoms with E-state index in [-0.39, 0.29) is 0 Å². The van der Waals surface area contributed by atoms with Crippen LogP contribution in [0.1, 0.15) is 11.1 Å². The van der Waals surface area contributed by atoms with E-state index < -0.39 is 0 Å². The summed E-state index contributed by atoms with van der Waals surface area (Å²) < 4.78 is 0. The van der Waals surface area contributed by atoms with Gasteiger partial charge in [0, 0.05) is 11.1 Å². The molecule has 0 heterocycles. The fourth-order valence-corrected chi connectivity index (χ4v) is 1.11.